The number of aliphatic hydroxyl groups excluding tert-OH is 1. The number of carboxylic acid groups (broad SMARTS) is 1. The number of carbonyl (C=O) groups is 1. The summed E-state index contributed by atoms with van der Waals surface area (Å²) in [6.45, 7) is 5.12. The van der Waals surface area contributed by atoms with Gasteiger partial charge in [0.05, 0.1) is 12.2 Å². The van der Waals surface area contributed by atoms with Crippen LogP contribution in [0, 0.1) is 0 Å². The largest absolute Gasteiger partial charge is 0.480 e. The summed E-state index contributed by atoms with van der Waals surface area (Å²) in [7, 11) is 0. The van der Waals surface area contributed by atoms with Crippen LogP contribution in [0.4, 0.5) is 0 Å². The standard InChI is InChI=1S/C10H19NO4/c1-3-7(10(13)14)11-5-8(12)9(6-11)15-4-2/h7-9,12H,3-6H2,1-2H3,(H,13,14)/t7-,8+,9-/m1/s1. The quantitative estimate of drug-likeness (QED) is 0.674. The monoisotopic (exact) mass is 217 g/mol. The molecule has 5 nitrogen and oxygen atoms in total. The third kappa shape index (κ3) is 2.90. The van der Waals surface area contributed by atoms with Crippen LogP contribution in [0.3, 0.4) is 0 Å². The van der Waals surface area contributed by atoms with E-state index in [2.05, 4.69) is 0 Å². The second-order valence-electron chi connectivity index (χ2n) is 3.78. The van der Waals surface area contributed by atoms with Gasteiger partial charge in [-0.2, -0.15) is 0 Å². The molecule has 0 saturated carbocycles. The first-order chi connectivity index (χ1) is 7.10. The molecule has 1 heterocycles. The van der Waals surface area contributed by atoms with Crippen LogP contribution in [-0.4, -0.2) is 59.0 Å². The smallest absolute Gasteiger partial charge is 0.320 e. The molecular formula is C10H19NO4. The first-order valence-corrected chi connectivity index (χ1v) is 5.36. The Kier molecular flexibility index (Phi) is 4.50. The lowest BCUT2D eigenvalue weighted by Gasteiger charge is -2.22. The minimum Gasteiger partial charge on any atom is -0.480 e. The van der Waals surface area contributed by atoms with E-state index in [0.717, 1.165) is 0 Å². The minimum absolute atomic E-state index is 0.247. The molecule has 0 aromatic rings. The van der Waals surface area contributed by atoms with Crippen LogP contribution in [0.2, 0.25) is 0 Å². The van der Waals surface area contributed by atoms with Gasteiger partial charge in [-0.1, -0.05) is 6.92 Å². The summed E-state index contributed by atoms with van der Waals surface area (Å²) < 4.78 is 5.34. The number of aliphatic carboxylic acids is 1. The van der Waals surface area contributed by atoms with Crippen LogP contribution in [0.25, 0.3) is 0 Å². The summed E-state index contributed by atoms with van der Waals surface area (Å²) in [4.78, 5) is 12.7. The maximum Gasteiger partial charge on any atom is 0.320 e. The molecule has 0 amide bonds. The lowest BCUT2D eigenvalue weighted by Crippen LogP contribution is -2.40. The van der Waals surface area contributed by atoms with Crippen LogP contribution in [0.1, 0.15) is 20.3 Å². The van der Waals surface area contributed by atoms with Crippen LogP contribution in [0.5, 0.6) is 0 Å². The lowest BCUT2D eigenvalue weighted by molar-refractivity contribution is -0.143. The van der Waals surface area contributed by atoms with Crippen molar-refractivity contribution in [1.29, 1.82) is 0 Å². The fourth-order valence-electron chi connectivity index (χ4n) is 2.01. The molecule has 2 N–H and O–H groups in total. The van der Waals surface area contributed by atoms with Crippen molar-refractivity contribution in [1.82, 2.24) is 4.90 Å². The molecule has 0 aromatic carbocycles. The van der Waals surface area contributed by atoms with Crippen molar-refractivity contribution in [3.05, 3.63) is 0 Å². The summed E-state index contributed by atoms with van der Waals surface area (Å²) >= 11 is 0. The highest BCUT2D eigenvalue weighted by Gasteiger charge is 2.37. The SMILES string of the molecule is CCO[C@@H]1CN([C@H](CC)C(=O)O)C[C@@H]1O. The molecule has 0 unspecified atom stereocenters. The molecule has 0 aliphatic carbocycles. The number of hydrogen-bond acceptors (Lipinski definition) is 4. The number of rotatable bonds is 5. The van der Waals surface area contributed by atoms with Gasteiger partial charge in [-0.05, 0) is 13.3 Å². The second-order valence-corrected chi connectivity index (χ2v) is 3.78. The van der Waals surface area contributed by atoms with Crippen LogP contribution >= 0.6 is 0 Å². The Bertz CT molecular complexity index is 221. The predicted molar refractivity (Wildman–Crippen MR) is 54.7 cm³/mol. The zero-order valence-corrected chi connectivity index (χ0v) is 9.22. The average Bonchev–Trinajstić information content (AvgIpc) is 2.49. The number of aliphatic hydroxyl groups is 1. The summed E-state index contributed by atoms with van der Waals surface area (Å²) in [6, 6.07) is -0.509. The Morgan fingerprint density at radius 1 is 1.53 bits per heavy atom. The van der Waals surface area contributed by atoms with Gasteiger partial charge in [0, 0.05) is 19.7 Å². The Hall–Kier alpha value is -0.650. The number of nitrogens with zero attached hydrogens (tertiary/aromatic N) is 1. The van der Waals surface area contributed by atoms with E-state index in [4.69, 9.17) is 9.84 Å². The van der Waals surface area contributed by atoms with Gasteiger partial charge in [0.1, 0.15) is 6.04 Å². The van der Waals surface area contributed by atoms with Crippen molar-refractivity contribution in [2.24, 2.45) is 0 Å². The van der Waals surface area contributed by atoms with E-state index in [1.54, 1.807) is 4.90 Å². The molecule has 0 bridgehead atoms. The van der Waals surface area contributed by atoms with Gasteiger partial charge < -0.3 is 14.9 Å². The molecule has 3 atom stereocenters. The van der Waals surface area contributed by atoms with Gasteiger partial charge in [-0.25, -0.2) is 0 Å². The maximum atomic E-state index is 10.9. The molecule has 88 valence electrons. The van der Waals surface area contributed by atoms with E-state index in [1.807, 2.05) is 13.8 Å². The van der Waals surface area contributed by atoms with Crippen molar-refractivity contribution in [3.8, 4) is 0 Å². The molecule has 0 spiro atoms. The van der Waals surface area contributed by atoms with Gasteiger partial charge >= 0.3 is 5.97 Å². The van der Waals surface area contributed by atoms with E-state index in [9.17, 15) is 9.90 Å². The van der Waals surface area contributed by atoms with Crippen molar-refractivity contribution < 1.29 is 19.7 Å². The Morgan fingerprint density at radius 3 is 2.67 bits per heavy atom. The Labute approximate surface area is 89.6 Å². The van der Waals surface area contributed by atoms with Gasteiger partial charge in [0.15, 0.2) is 0 Å². The summed E-state index contributed by atoms with van der Waals surface area (Å²) in [5, 5.41) is 18.6. The van der Waals surface area contributed by atoms with Crippen LogP contribution < -0.4 is 0 Å². The third-order valence-corrected chi connectivity index (χ3v) is 2.76. The third-order valence-electron chi connectivity index (χ3n) is 2.76. The lowest BCUT2D eigenvalue weighted by atomic mass is 10.2. The molecule has 1 rings (SSSR count). The van der Waals surface area contributed by atoms with Gasteiger partial charge in [-0.3, -0.25) is 9.69 Å². The number of ether oxygens (including phenoxy) is 1. The highest BCUT2D eigenvalue weighted by Crippen LogP contribution is 2.18. The predicted octanol–water partition coefficient (Wildman–Crippen LogP) is -0.0688. The molecule has 0 aromatic heterocycles. The van der Waals surface area contributed by atoms with Crippen LogP contribution in [-0.2, 0) is 9.53 Å². The molecule has 1 fully saturated rings. The number of carboxylic acids is 1. The normalized spacial score (nSPS) is 29.3. The summed E-state index contributed by atoms with van der Waals surface area (Å²) in [5.41, 5.74) is 0. The molecule has 0 radical (unpaired) electrons. The van der Waals surface area contributed by atoms with Gasteiger partial charge in [0.25, 0.3) is 0 Å². The highest BCUT2D eigenvalue weighted by atomic mass is 16.5. The zero-order valence-electron chi connectivity index (χ0n) is 9.22. The first kappa shape index (κ1) is 12.4. The number of β-amino-alcohol motifs (C(OH)–C–C–N with tert-alkyl or cyclic N) is 1. The van der Waals surface area contributed by atoms with Crippen molar-refractivity contribution in [2.45, 2.75) is 38.5 Å². The van der Waals surface area contributed by atoms with E-state index < -0.39 is 18.1 Å². The molecular weight excluding hydrogens is 198 g/mol. The average molecular weight is 217 g/mol. The highest BCUT2D eigenvalue weighted by molar-refractivity contribution is 5.73. The van der Waals surface area contributed by atoms with Crippen molar-refractivity contribution in [3.63, 3.8) is 0 Å². The van der Waals surface area contributed by atoms with E-state index in [-0.39, 0.29) is 6.10 Å². The fourth-order valence-corrected chi connectivity index (χ4v) is 2.01. The molecule has 1 aliphatic rings. The van der Waals surface area contributed by atoms with Gasteiger partial charge in [0.2, 0.25) is 0 Å². The Balaban J connectivity index is 2.55. The molecule has 15 heavy (non-hydrogen) atoms. The Morgan fingerprint density at radius 2 is 2.20 bits per heavy atom. The molecule has 5 heteroatoms. The van der Waals surface area contributed by atoms with Crippen molar-refractivity contribution in [2.75, 3.05) is 19.7 Å². The summed E-state index contributed by atoms with van der Waals surface area (Å²) in [5.74, 6) is -0.832. The zero-order chi connectivity index (χ0) is 11.4. The van der Waals surface area contributed by atoms with E-state index in [0.29, 0.717) is 26.1 Å². The topological polar surface area (TPSA) is 70.0 Å². The van der Waals surface area contributed by atoms with E-state index in [1.165, 1.54) is 0 Å². The first-order valence-electron chi connectivity index (χ1n) is 5.36. The second kappa shape index (κ2) is 5.44. The molecule has 1 aliphatic heterocycles. The van der Waals surface area contributed by atoms with Gasteiger partial charge in [-0.15, -0.1) is 0 Å². The van der Waals surface area contributed by atoms with E-state index >= 15 is 0 Å². The number of likely N-dealkylation sites (tertiary alicyclic amines) is 1. The number of hydrogen-bond donors (Lipinski definition) is 2. The fraction of sp³-hybridized carbons (Fsp3) is 0.900. The maximum absolute atomic E-state index is 10.9. The summed E-state index contributed by atoms with van der Waals surface area (Å²) in [6.07, 6.45) is -0.275. The minimum atomic E-state index is -0.832. The van der Waals surface area contributed by atoms with Crippen molar-refractivity contribution >= 4 is 5.97 Å². The van der Waals surface area contributed by atoms with Crippen LogP contribution in [0.15, 0.2) is 0 Å². The molecule has 1 saturated heterocycles.